The molecular weight excluding hydrogens is 337 g/mol. The van der Waals surface area contributed by atoms with Gasteiger partial charge in [0.2, 0.25) is 0 Å². The Morgan fingerprint density at radius 3 is 2.65 bits per heavy atom. The predicted octanol–water partition coefficient (Wildman–Crippen LogP) is 2.96. The molecule has 2 fully saturated rings. The normalized spacial score (nSPS) is 29.9. The van der Waals surface area contributed by atoms with Crippen molar-refractivity contribution in [2.24, 2.45) is 17.8 Å². The van der Waals surface area contributed by atoms with Gasteiger partial charge >= 0.3 is 5.97 Å². The van der Waals surface area contributed by atoms with Gasteiger partial charge in [0, 0.05) is 18.5 Å². The Kier molecular flexibility index (Phi) is 4.21. The number of benzene rings is 1. The van der Waals surface area contributed by atoms with Crippen LogP contribution in [0.25, 0.3) is 0 Å². The molecule has 2 bridgehead atoms. The van der Waals surface area contributed by atoms with Crippen molar-refractivity contribution in [1.29, 1.82) is 0 Å². The Balaban J connectivity index is 1.72. The lowest BCUT2D eigenvalue weighted by atomic mass is 9.78. The van der Waals surface area contributed by atoms with Crippen molar-refractivity contribution in [3.63, 3.8) is 0 Å². The number of amides is 1. The number of aliphatic hydroxyl groups excluding tert-OH is 1. The number of halogens is 1. The van der Waals surface area contributed by atoms with Gasteiger partial charge in [0.1, 0.15) is 11.6 Å². The average molecular weight is 359 g/mol. The predicted molar refractivity (Wildman–Crippen MR) is 91.3 cm³/mol. The molecule has 1 heterocycles. The highest BCUT2D eigenvalue weighted by Crippen LogP contribution is 2.55. The van der Waals surface area contributed by atoms with E-state index < -0.39 is 11.9 Å². The van der Waals surface area contributed by atoms with Crippen LogP contribution in [0.2, 0.25) is 0 Å². The fraction of sp³-hybridized carbons (Fsp3) is 0.500. The summed E-state index contributed by atoms with van der Waals surface area (Å²) in [5, 5.41) is 10.7. The molecular formula is C20H22FNO4. The molecule has 1 N–H and O–H groups in total. The minimum absolute atomic E-state index is 0.0963. The van der Waals surface area contributed by atoms with E-state index in [1.165, 1.54) is 12.1 Å². The van der Waals surface area contributed by atoms with E-state index >= 15 is 0 Å². The summed E-state index contributed by atoms with van der Waals surface area (Å²) in [6.45, 7) is 2.10. The molecule has 26 heavy (non-hydrogen) atoms. The van der Waals surface area contributed by atoms with E-state index in [1.807, 2.05) is 0 Å². The molecule has 0 radical (unpaired) electrons. The Hall–Kier alpha value is -2.37. The lowest BCUT2D eigenvalue weighted by molar-refractivity contribution is -0.146. The van der Waals surface area contributed by atoms with Gasteiger partial charge in [-0.15, -0.1) is 0 Å². The topological polar surface area (TPSA) is 66.8 Å². The van der Waals surface area contributed by atoms with Crippen LogP contribution in [0.5, 0.6) is 0 Å². The van der Waals surface area contributed by atoms with Crippen LogP contribution in [-0.4, -0.2) is 34.5 Å². The summed E-state index contributed by atoms with van der Waals surface area (Å²) >= 11 is 0. The summed E-state index contributed by atoms with van der Waals surface area (Å²) < 4.78 is 18.2. The van der Waals surface area contributed by atoms with Crippen molar-refractivity contribution in [3.05, 3.63) is 47.0 Å². The Bertz CT molecular complexity index is 773. The second-order valence-corrected chi connectivity index (χ2v) is 7.39. The number of hydrogen-bond donors (Lipinski definition) is 1. The van der Waals surface area contributed by atoms with Crippen LogP contribution >= 0.6 is 0 Å². The third-order valence-electron chi connectivity index (χ3n) is 6.02. The molecule has 1 aromatic rings. The Morgan fingerprint density at radius 1 is 1.27 bits per heavy atom. The van der Waals surface area contributed by atoms with Crippen LogP contribution in [-0.2, 0) is 20.9 Å². The molecule has 1 aliphatic heterocycles. The van der Waals surface area contributed by atoms with Gasteiger partial charge in [-0.2, -0.15) is 0 Å². The number of esters is 1. The van der Waals surface area contributed by atoms with Crippen LogP contribution < -0.4 is 0 Å². The Morgan fingerprint density at radius 2 is 1.96 bits per heavy atom. The van der Waals surface area contributed by atoms with Crippen molar-refractivity contribution in [3.8, 4) is 0 Å². The maximum atomic E-state index is 13.2. The highest BCUT2D eigenvalue weighted by atomic mass is 19.1. The van der Waals surface area contributed by atoms with E-state index in [0.717, 1.165) is 24.8 Å². The molecule has 2 unspecified atom stereocenters. The summed E-state index contributed by atoms with van der Waals surface area (Å²) in [6.07, 6.45) is 2.99. The first-order chi connectivity index (χ1) is 12.5. The highest BCUT2D eigenvalue weighted by Gasteiger charge is 2.57. The van der Waals surface area contributed by atoms with Gasteiger partial charge in [0.25, 0.3) is 5.91 Å². The van der Waals surface area contributed by atoms with E-state index in [4.69, 9.17) is 4.74 Å². The molecule has 2 saturated carbocycles. The third kappa shape index (κ3) is 2.59. The van der Waals surface area contributed by atoms with E-state index in [2.05, 4.69) is 0 Å². The quantitative estimate of drug-likeness (QED) is 0.663. The molecule has 6 heteroatoms. The average Bonchev–Trinajstić information content (AvgIpc) is 3.22. The molecule has 4 atom stereocenters. The lowest BCUT2D eigenvalue weighted by Crippen LogP contribution is -2.53. The van der Waals surface area contributed by atoms with Crippen molar-refractivity contribution in [1.82, 2.24) is 4.90 Å². The monoisotopic (exact) mass is 359 g/mol. The molecule has 1 amide bonds. The zero-order chi connectivity index (χ0) is 18.4. The maximum absolute atomic E-state index is 13.2. The lowest BCUT2D eigenvalue weighted by Gasteiger charge is -2.43. The van der Waals surface area contributed by atoms with Gasteiger partial charge in [-0.3, -0.25) is 4.79 Å². The second kappa shape index (κ2) is 6.41. The highest BCUT2D eigenvalue weighted by molar-refractivity contribution is 6.17. The summed E-state index contributed by atoms with van der Waals surface area (Å²) in [7, 11) is 0. The number of carbonyl (C=O) groups excluding carboxylic acids is 2. The summed E-state index contributed by atoms with van der Waals surface area (Å²) in [4.78, 5) is 27.1. The molecule has 138 valence electrons. The van der Waals surface area contributed by atoms with Crippen LogP contribution in [0.3, 0.4) is 0 Å². The van der Waals surface area contributed by atoms with E-state index in [-0.39, 0.29) is 35.7 Å². The first kappa shape index (κ1) is 17.1. The zero-order valence-electron chi connectivity index (χ0n) is 14.7. The summed E-state index contributed by atoms with van der Waals surface area (Å²) in [5.74, 6) is -1.26. The van der Waals surface area contributed by atoms with E-state index in [9.17, 15) is 19.1 Å². The number of aliphatic hydroxyl groups is 1. The van der Waals surface area contributed by atoms with Crippen molar-refractivity contribution in [2.45, 2.75) is 38.8 Å². The number of carbonyl (C=O) groups is 2. The first-order valence-electron chi connectivity index (χ1n) is 9.17. The van der Waals surface area contributed by atoms with Gasteiger partial charge in [-0.25, -0.2) is 9.18 Å². The second-order valence-electron chi connectivity index (χ2n) is 7.39. The zero-order valence-corrected chi connectivity index (χ0v) is 14.7. The van der Waals surface area contributed by atoms with Crippen LogP contribution in [0.4, 0.5) is 4.39 Å². The number of ether oxygens (including phenoxy) is 1. The molecule has 0 spiro atoms. The Labute approximate surface area is 151 Å². The summed E-state index contributed by atoms with van der Waals surface area (Å²) in [5.41, 5.74) is 0.564. The van der Waals surface area contributed by atoms with E-state index in [0.29, 0.717) is 18.4 Å². The van der Waals surface area contributed by atoms with Crippen LogP contribution in [0, 0.1) is 23.6 Å². The van der Waals surface area contributed by atoms with E-state index in [1.54, 1.807) is 24.0 Å². The van der Waals surface area contributed by atoms with Crippen molar-refractivity contribution >= 4 is 11.9 Å². The molecule has 3 aliphatic rings. The number of hydrogen-bond acceptors (Lipinski definition) is 4. The van der Waals surface area contributed by atoms with Gasteiger partial charge in [-0.1, -0.05) is 12.1 Å². The molecule has 2 aliphatic carbocycles. The maximum Gasteiger partial charge on any atom is 0.347 e. The van der Waals surface area contributed by atoms with Crippen molar-refractivity contribution < 1.29 is 23.8 Å². The van der Waals surface area contributed by atoms with Crippen LogP contribution in [0.1, 0.15) is 31.7 Å². The molecule has 1 aromatic carbocycles. The molecule has 0 aromatic heterocycles. The van der Waals surface area contributed by atoms with Crippen LogP contribution in [0.15, 0.2) is 35.6 Å². The first-order valence-corrected chi connectivity index (χ1v) is 9.17. The number of nitrogens with zero attached hydrogens (tertiary/aromatic N) is 1. The van der Waals surface area contributed by atoms with Crippen molar-refractivity contribution in [2.75, 3.05) is 6.61 Å². The molecule has 4 rings (SSSR count). The van der Waals surface area contributed by atoms with Gasteiger partial charge < -0.3 is 14.7 Å². The number of rotatable bonds is 4. The number of fused-ring (bicyclic) bond motifs is 5. The smallest absolute Gasteiger partial charge is 0.347 e. The minimum Gasteiger partial charge on any atom is -0.511 e. The fourth-order valence-electron chi connectivity index (χ4n) is 5.01. The standard InChI is InChI=1S/C20H22FNO4/c1-2-26-20(25)16-18(23)15-12-5-6-13(9-12)17(15)22(19(16)24)10-11-3-7-14(21)8-4-11/h3-4,7-8,12-13,15,17,23H,2,5-6,9-10H2,1H3/t12-,13+,15?,17?/m0/s1. The fourth-order valence-corrected chi connectivity index (χ4v) is 5.01. The van der Waals surface area contributed by atoms with Gasteiger partial charge in [-0.05, 0) is 55.7 Å². The van der Waals surface area contributed by atoms with Gasteiger partial charge in [0.05, 0.1) is 6.61 Å². The van der Waals surface area contributed by atoms with Gasteiger partial charge in [0.15, 0.2) is 5.57 Å². The SMILES string of the molecule is CCOC(=O)C1=C(O)C2C([C@@H]3CC[C@H]2C3)N(Cc2ccc(F)cc2)C1=O. The minimum atomic E-state index is -0.764. The third-order valence-corrected chi connectivity index (χ3v) is 6.02. The largest absolute Gasteiger partial charge is 0.511 e. The molecule has 5 nitrogen and oxygen atoms in total. The molecule has 0 saturated heterocycles. The summed E-state index contributed by atoms with van der Waals surface area (Å²) in [6, 6.07) is 5.91.